The topological polar surface area (TPSA) is 61.9 Å². The molecule has 0 unspecified atom stereocenters. The van der Waals surface area contributed by atoms with E-state index in [0.29, 0.717) is 28.5 Å². The first-order valence-corrected chi connectivity index (χ1v) is 6.07. The third kappa shape index (κ3) is 2.18. The second kappa shape index (κ2) is 4.35. The number of nitriles is 1. The van der Waals surface area contributed by atoms with Gasteiger partial charge in [0, 0.05) is 16.6 Å². The second-order valence-electron chi connectivity index (χ2n) is 4.23. The van der Waals surface area contributed by atoms with Crippen LogP contribution in [0.15, 0.2) is 28.7 Å². The van der Waals surface area contributed by atoms with Crippen molar-refractivity contribution in [1.29, 1.82) is 5.26 Å². The van der Waals surface area contributed by atoms with Gasteiger partial charge in [-0.3, -0.25) is 0 Å². The van der Waals surface area contributed by atoms with Crippen molar-refractivity contribution in [2.24, 2.45) is 0 Å². The molecule has 0 bridgehead atoms. The zero-order valence-corrected chi connectivity index (χ0v) is 10.2. The molecule has 1 saturated carbocycles. The monoisotopic (exact) mass is 259 g/mol. The summed E-state index contributed by atoms with van der Waals surface area (Å²) in [6.07, 6.45) is 2.23. The lowest BCUT2D eigenvalue weighted by Crippen LogP contribution is -2.00. The van der Waals surface area contributed by atoms with Crippen LogP contribution in [0.4, 0.5) is 5.88 Å². The number of hydrogen-bond donors (Lipinski definition) is 1. The fourth-order valence-corrected chi connectivity index (χ4v) is 1.75. The van der Waals surface area contributed by atoms with E-state index in [0.717, 1.165) is 18.4 Å². The Kier molecular flexibility index (Phi) is 2.69. The predicted molar refractivity (Wildman–Crippen MR) is 68.3 cm³/mol. The van der Waals surface area contributed by atoms with Crippen molar-refractivity contribution in [2.45, 2.75) is 18.9 Å². The third-order valence-corrected chi connectivity index (χ3v) is 2.99. The summed E-state index contributed by atoms with van der Waals surface area (Å²) >= 11 is 5.82. The average Bonchev–Trinajstić information content (AvgIpc) is 3.09. The molecule has 0 radical (unpaired) electrons. The number of benzene rings is 1. The molecule has 2 aromatic rings. The zero-order valence-electron chi connectivity index (χ0n) is 9.48. The van der Waals surface area contributed by atoms with Crippen molar-refractivity contribution in [3.63, 3.8) is 0 Å². The molecule has 4 nitrogen and oxygen atoms in total. The van der Waals surface area contributed by atoms with Crippen LogP contribution in [0.5, 0.6) is 0 Å². The molecular formula is C13H10ClN3O. The summed E-state index contributed by atoms with van der Waals surface area (Å²) in [5, 5.41) is 12.8. The molecule has 0 atom stereocenters. The normalized spacial score (nSPS) is 14.2. The van der Waals surface area contributed by atoms with Gasteiger partial charge in [0.2, 0.25) is 17.5 Å². The molecular weight excluding hydrogens is 250 g/mol. The maximum Gasteiger partial charge on any atom is 0.232 e. The molecule has 3 rings (SSSR count). The SMILES string of the molecule is N#Cc1nc(-c2ccc(Cl)cc2)oc1NC1CC1. The molecule has 1 fully saturated rings. The first-order valence-electron chi connectivity index (χ1n) is 5.69. The Labute approximate surface area is 109 Å². The van der Waals surface area contributed by atoms with Crippen LogP contribution >= 0.6 is 11.6 Å². The third-order valence-electron chi connectivity index (χ3n) is 2.74. The van der Waals surface area contributed by atoms with E-state index in [1.807, 2.05) is 18.2 Å². The van der Waals surface area contributed by atoms with Crippen LogP contribution in [-0.4, -0.2) is 11.0 Å². The zero-order chi connectivity index (χ0) is 12.5. The van der Waals surface area contributed by atoms with Crippen molar-refractivity contribution in [2.75, 3.05) is 5.32 Å². The molecule has 0 amide bonds. The van der Waals surface area contributed by atoms with E-state index < -0.39 is 0 Å². The van der Waals surface area contributed by atoms with Crippen LogP contribution in [0.2, 0.25) is 5.02 Å². The maximum atomic E-state index is 9.02. The first-order chi connectivity index (χ1) is 8.76. The Morgan fingerprint density at radius 3 is 2.67 bits per heavy atom. The summed E-state index contributed by atoms with van der Waals surface area (Å²) in [5.41, 5.74) is 1.10. The standard InChI is InChI=1S/C13H10ClN3O/c14-9-3-1-8(2-4-9)12-17-11(7-15)13(18-12)16-10-5-6-10/h1-4,10,16H,5-6H2. The van der Waals surface area contributed by atoms with E-state index >= 15 is 0 Å². The highest BCUT2D eigenvalue weighted by Gasteiger charge is 2.25. The number of hydrogen-bond acceptors (Lipinski definition) is 4. The molecule has 1 aromatic heterocycles. The van der Waals surface area contributed by atoms with E-state index in [1.54, 1.807) is 12.1 Å². The lowest BCUT2D eigenvalue weighted by Gasteiger charge is -1.98. The van der Waals surface area contributed by atoms with E-state index in [-0.39, 0.29) is 0 Å². The van der Waals surface area contributed by atoms with Crippen LogP contribution in [0, 0.1) is 11.3 Å². The van der Waals surface area contributed by atoms with Crippen molar-refractivity contribution in [3.8, 4) is 17.5 Å². The largest absolute Gasteiger partial charge is 0.419 e. The van der Waals surface area contributed by atoms with Crippen molar-refractivity contribution < 1.29 is 4.42 Å². The van der Waals surface area contributed by atoms with Crippen LogP contribution in [-0.2, 0) is 0 Å². The van der Waals surface area contributed by atoms with Gasteiger partial charge in [-0.2, -0.15) is 10.2 Å². The summed E-state index contributed by atoms with van der Waals surface area (Å²) in [7, 11) is 0. The molecule has 1 aliphatic carbocycles. The lowest BCUT2D eigenvalue weighted by molar-refractivity contribution is 0.585. The molecule has 1 N–H and O–H groups in total. The summed E-state index contributed by atoms with van der Waals surface area (Å²) in [6, 6.07) is 9.62. The Balaban J connectivity index is 1.94. The van der Waals surface area contributed by atoms with Gasteiger partial charge in [-0.1, -0.05) is 11.6 Å². The highest BCUT2D eigenvalue weighted by Crippen LogP contribution is 2.30. The minimum Gasteiger partial charge on any atom is -0.419 e. The van der Waals surface area contributed by atoms with Crippen molar-refractivity contribution in [3.05, 3.63) is 35.0 Å². The average molecular weight is 260 g/mol. The van der Waals surface area contributed by atoms with Crippen LogP contribution in [0.3, 0.4) is 0 Å². The van der Waals surface area contributed by atoms with E-state index in [4.69, 9.17) is 21.3 Å². The maximum absolute atomic E-state index is 9.02. The lowest BCUT2D eigenvalue weighted by atomic mass is 10.2. The Morgan fingerprint density at radius 1 is 1.33 bits per heavy atom. The molecule has 5 heteroatoms. The van der Waals surface area contributed by atoms with Gasteiger partial charge < -0.3 is 9.73 Å². The Bertz CT molecular complexity index is 608. The summed E-state index contributed by atoms with van der Waals surface area (Å²) in [4.78, 5) is 4.18. The first kappa shape index (κ1) is 11.1. The number of nitrogens with zero attached hydrogens (tertiary/aromatic N) is 2. The summed E-state index contributed by atoms with van der Waals surface area (Å²) in [5.74, 6) is 0.899. The quantitative estimate of drug-likeness (QED) is 0.917. The van der Waals surface area contributed by atoms with Gasteiger partial charge in [0.05, 0.1) is 0 Å². The van der Waals surface area contributed by atoms with E-state index in [9.17, 15) is 0 Å². The second-order valence-corrected chi connectivity index (χ2v) is 4.67. The van der Waals surface area contributed by atoms with Gasteiger partial charge in [-0.05, 0) is 37.1 Å². The Morgan fingerprint density at radius 2 is 2.06 bits per heavy atom. The molecule has 0 saturated heterocycles. The van der Waals surface area contributed by atoms with Crippen LogP contribution in [0.1, 0.15) is 18.5 Å². The van der Waals surface area contributed by atoms with Crippen LogP contribution < -0.4 is 5.32 Å². The molecule has 18 heavy (non-hydrogen) atoms. The highest BCUT2D eigenvalue weighted by atomic mass is 35.5. The number of nitrogens with one attached hydrogen (secondary N) is 1. The fraction of sp³-hybridized carbons (Fsp3) is 0.231. The van der Waals surface area contributed by atoms with Crippen molar-refractivity contribution >= 4 is 17.5 Å². The molecule has 90 valence electrons. The molecule has 1 aromatic carbocycles. The van der Waals surface area contributed by atoms with Gasteiger partial charge in [-0.25, -0.2) is 0 Å². The van der Waals surface area contributed by atoms with Crippen LogP contribution in [0.25, 0.3) is 11.5 Å². The Hall–Kier alpha value is -1.99. The van der Waals surface area contributed by atoms with Gasteiger partial charge >= 0.3 is 0 Å². The smallest absolute Gasteiger partial charge is 0.232 e. The fourth-order valence-electron chi connectivity index (χ4n) is 1.62. The van der Waals surface area contributed by atoms with E-state index in [1.165, 1.54) is 0 Å². The number of halogens is 1. The van der Waals surface area contributed by atoms with Crippen molar-refractivity contribution in [1.82, 2.24) is 4.98 Å². The molecule has 1 aliphatic rings. The number of anilines is 1. The molecule has 1 heterocycles. The molecule has 0 aliphatic heterocycles. The van der Waals surface area contributed by atoms with E-state index in [2.05, 4.69) is 10.3 Å². The number of aromatic nitrogens is 1. The van der Waals surface area contributed by atoms with Gasteiger partial charge in [0.25, 0.3) is 0 Å². The van der Waals surface area contributed by atoms with Gasteiger partial charge in [-0.15, -0.1) is 0 Å². The van der Waals surface area contributed by atoms with Gasteiger partial charge in [0.15, 0.2) is 0 Å². The van der Waals surface area contributed by atoms with Gasteiger partial charge in [0.1, 0.15) is 6.07 Å². The number of oxazole rings is 1. The summed E-state index contributed by atoms with van der Waals surface area (Å²) < 4.78 is 5.59. The molecule has 0 spiro atoms. The minimum absolute atomic E-state index is 0.298. The number of rotatable bonds is 3. The highest BCUT2D eigenvalue weighted by molar-refractivity contribution is 6.30. The summed E-state index contributed by atoms with van der Waals surface area (Å²) in [6.45, 7) is 0. The predicted octanol–water partition coefficient (Wildman–Crippen LogP) is 3.44. The minimum atomic E-state index is 0.298.